The molecule has 2 heterocycles. The van der Waals surface area contributed by atoms with Crippen LogP contribution in [0.25, 0.3) is 10.2 Å². The summed E-state index contributed by atoms with van der Waals surface area (Å²) in [7, 11) is 1.87. The first-order chi connectivity index (χ1) is 12.7. The molecule has 0 saturated heterocycles. The van der Waals surface area contributed by atoms with Gasteiger partial charge >= 0.3 is 0 Å². The first kappa shape index (κ1) is 19.4. The van der Waals surface area contributed by atoms with Crippen LogP contribution in [0.4, 0.5) is 15.8 Å². The third-order valence-electron chi connectivity index (χ3n) is 4.95. The van der Waals surface area contributed by atoms with Gasteiger partial charge in [-0.05, 0) is 58.4 Å². The Morgan fingerprint density at radius 3 is 2.59 bits per heavy atom. The van der Waals surface area contributed by atoms with Gasteiger partial charge in [0.15, 0.2) is 0 Å². The molecule has 5 nitrogen and oxygen atoms in total. The number of fused-ring (bicyclic) bond motifs is 1. The maximum atomic E-state index is 14.5. The minimum absolute atomic E-state index is 0.134. The van der Waals surface area contributed by atoms with Crippen LogP contribution in [0.5, 0.6) is 0 Å². The van der Waals surface area contributed by atoms with E-state index in [4.69, 9.17) is 0 Å². The molecule has 2 aromatic heterocycles. The molecule has 0 aliphatic rings. The second kappa shape index (κ2) is 7.31. The molecule has 0 saturated carbocycles. The average molecular weight is 389 g/mol. The molecule has 144 valence electrons. The number of hydrogen-bond donors (Lipinski definition) is 2. The highest BCUT2D eigenvalue weighted by molar-refractivity contribution is 7.18. The van der Waals surface area contributed by atoms with Crippen molar-refractivity contribution in [1.29, 1.82) is 0 Å². The van der Waals surface area contributed by atoms with Crippen LogP contribution in [-0.2, 0) is 0 Å². The second-order valence-electron chi connectivity index (χ2n) is 7.15. The van der Waals surface area contributed by atoms with E-state index in [1.807, 2.05) is 52.6 Å². The van der Waals surface area contributed by atoms with E-state index in [1.54, 1.807) is 6.07 Å². The van der Waals surface area contributed by atoms with Crippen molar-refractivity contribution in [2.24, 2.45) is 0 Å². The Bertz CT molecular complexity index is 1040. The number of hydrogen-bond acceptors (Lipinski definition) is 5. The van der Waals surface area contributed by atoms with Gasteiger partial charge in [0.05, 0.1) is 17.1 Å². The number of aryl methyl sites for hydroxylation is 2. The van der Waals surface area contributed by atoms with Gasteiger partial charge in [-0.15, -0.1) is 11.3 Å². The van der Waals surface area contributed by atoms with Gasteiger partial charge in [-0.2, -0.15) is 0 Å². The van der Waals surface area contributed by atoms with Crippen molar-refractivity contribution in [1.82, 2.24) is 9.97 Å². The van der Waals surface area contributed by atoms with Crippen LogP contribution >= 0.6 is 11.3 Å². The van der Waals surface area contributed by atoms with E-state index in [0.717, 1.165) is 15.3 Å². The zero-order chi connectivity index (χ0) is 19.9. The molecule has 2 N–H and O–H groups in total. The van der Waals surface area contributed by atoms with Crippen LogP contribution < -0.4 is 15.8 Å². The van der Waals surface area contributed by atoms with E-state index in [-0.39, 0.29) is 23.5 Å². The standard InChI is InChI=1S/C20H25FN4OS/c1-10(2)25(6)16-8-7-14(9-15(16)21)22-12(4)18-23-19(26)17-11(3)13(5)27-20(17)24-18/h7-10,12,22H,1-6H3,(H,23,24,26)/t12-/m1/s1. The normalized spacial score (nSPS) is 12.6. The average Bonchev–Trinajstić information content (AvgIpc) is 2.89. The van der Waals surface area contributed by atoms with E-state index < -0.39 is 0 Å². The SMILES string of the molecule is Cc1sc2nc([C@@H](C)Nc3ccc(N(C)C(C)C)c(F)c3)[nH]c(=O)c2c1C. The topological polar surface area (TPSA) is 61.0 Å². The van der Waals surface area contributed by atoms with Gasteiger partial charge in [-0.25, -0.2) is 9.37 Å². The number of benzene rings is 1. The number of aromatic nitrogens is 2. The van der Waals surface area contributed by atoms with Gasteiger partial charge in [0.2, 0.25) is 0 Å². The zero-order valence-corrected chi connectivity index (χ0v) is 17.3. The molecule has 3 rings (SSSR count). The van der Waals surface area contributed by atoms with Crippen molar-refractivity contribution in [3.8, 4) is 0 Å². The molecular weight excluding hydrogens is 363 g/mol. The molecule has 7 heteroatoms. The van der Waals surface area contributed by atoms with E-state index in [2.05, 4.69) is 15.3 Å². The highest BCUT2D eigenvalue weighted by Crippen LogP contribution is 2.28. The lowest BCUT2D eigenvalue weighted by atomic mass is 10.2. The van der Waals surface area contributed by atoms with E-state index >= 15 is 0 Å². The monoisotopic (exact) mass is 388 g/mol. The lowest BCUT2D eigenvalue weighted by Crippen LogP contribution is -2.26. The highest BCUT2D eigenvalue weighted by Gasteiger charge is 2.16. The fourth-order valence-electron chi connectivity index (χ4n) is 2.96. The lowest BCUT2D eigenvalue weighted by molar-refractivity contribution is 0.613. The first-order valence-corrected chi connectivity index (χ1v) is 9.79. The van der Waals surface area contributed by atoms with Gasteiger partial charge in [0, 0.05) is 23.7 Å². The molecule has 1 atom stereocenters. The largest absolute Gasteiger partial charge is 0.375 e. The van der Waals surface area contributed by atoms with E-state index in [1.165, 1.54) is 17.4 Å². The van der Waals surface area contributed by atoms with E-state index in [0.29, 0.717) is 22.6 Å². The summed E-state index contributed by atoms with van der Waals surface area (Å²) in [6, 6.07) is 5.01. The molecular formula is C20H25FN4OS. The number of rotatable bonds is 5. The maximum absolute atomic E-state index is 14.5. The van der Waals surface area contributed by atoms with Crippen molar-refractivity contribution in [2.75, 3.05) is 17.3 Å². The predicted molar refractivity (Wildman–Crippen MR) is 112 cm³/mol. The van der Waals surface area contributed by atoms with Crippen LogP contribution in [0.1, 0.15) is 43.1 Å². The summed E-state index contributed by atoms with van der Waals surface area (Å²) in [5.74, 6) is 0.252. The second-order valence-corrected chi connectivity index (χ2v) is 8.35. The molecule has 0 fully saturated rings. The molecule has 3 aromatic rings. The number of halogens is 1. The van der Waals surface area contributed by atoms with Crippen molar-refractivity contribution in [3.05, 3.63) is 50.6 Å². The first-order valence-electron chi connectivity index (χ1n) is 8.98. The number of nitrogens with one attached hydrogen (secondary N) is 2. The molecule has 0 unspecified atom stereocenters. The fraction of sp³-hybridized carbons (Fsp3) is 0.400. The van der Waals surface area contributed by atoms with Crippen LogP contribution in [0, 0.1) is 19.7 Å². The van der Waals surface area contributed by atoms with Crippen LogP contribution in [0.3, 0.4) is 0 Å². The molecule has 0 aliphatic heterocycles. The van der Waals surface area contributed by atoms with Gasteiger partial charge < -0.3 is 15.2 Å². The molecule has 27 heavy (non-hydrogen) atoms. The van der Waals surface area contributed by atoms with Crippen LogP contribution in [0.15, 0.2) is 23.0 Å². The zero-order valence-electron chi connectivity index (χ0n) is 16.5. The molecule has 0 aliphatic carbocycles. The maximum Gasteiger partial charge on any atom is 0.259 e. The van der Waals surface area contributed by atoms with Gasteiger partial charge in [0.1, 0.15) is 16.5 Å². The Kier molecular flexibility index (Phi) is 5.24. The molecule has 0 spiro atoms. The smallest absolute Gasteiger partial charge is 0.259 e. The van der Waals surface area contributed by atoms with Crippen LogP contribution in [-0.4, -0.2) is 23.1 Å². The summed E-state index contributed by atoms with van der Waals surface area (Å²) in [5, 5.41) is 3.87. The third-order valence-corrected chi connectivity index (χ3v) is 6.05. The van der Waals surface area contributed by atoms with Crippen molar-refractivity contribution < 1.29 is 4.39 Å². The Hall–Kier alpha value is -2.41. The summed E-state index contributed by atoms with van der Waals surface area (Å²) >= 11 is 1.52. The Balaban J connectivity index is 1.87. The number of aromatic amines is 1. The minimum atomic E-state index is -0.287. The summed E-state index contributed by atoms with van der Waals surface area (Å²) in [6.07, 6.45) is 0. The highest BCUT2D eigenvalue weighted by atomic mass is 32.1. The Labute approximate surface area is 162 Å². The Morgan fingerprint density at radius 2 is 1.96 bits per heavy atom. The van der Waals surface area contributed by atoms with Crippen LogP contribution in [0.2, 0.25) is 0 Å². The quantitative estimate of drug-likeness (QED) is 0.662. The van der Waals surface area contributed by atoms with Gasteiger partial charge in [-0.1, -0.05) is 0 Å². The molecule has 0 bridgehead atoms. The summed E-state index contributed by atoms with van der Waals surface area (Å²) in [5.41, 5.74) is 2.04. The molecule has 0 radical (unpaired) electrons. The number of H-pyrrole nitrogens is 1. The summed E-state index contributed by atoms with van der Waals surface area (Å²) in [4.78, 5) is 23.6. The number of anilines is 2. The lowest BCUT2D eigenvalue weighted by Gasteiger charge is -2.25. The van der Waals surface area contributed by atoms with Crippen molar-refractivity contribution in [2.45, 2.75) is 46.7 Å². The van der Waals surface area contributed by atoms with Crippen molar-refractivity contribution >= 4 is 32.9 Å². The minimum Gasteiger partial charge on any atom is -0.375 e. The molecule has 1 aromatic carbocycles. The van der Waals surface area contributed by atoms with Gasteiger partial charge in [0.25, 0.3) is 5.56 Å². The summed E-state index contributed by atoms with van der Waals surface area (Å²) < 4.78 is 14.5. The fourth-order valence-corrected chi connectivity index (χ4v) is 3.99. The Morgan fingerprint density at radius 1 is 1.26 bits per heavy atom. The number of nitrogens with zero attached hydrogens (tertiary/aromatic N) is 2. The third kappa shape index (κ3) is 3.69. The van der Waals surface area contributed by atoms with Crippen molar-refractivity contribution in [3.63, 3.8) is 0 Å². The molecule has 0 amide bonds. The van der Waals surface area contributed by atoms with E-state index in [9.17, 15) is 9.18 Å². The predicted octanol–water partition coefficient (Wildman–Crippen LogP) is 4.76. The van der Waals surface area contributed by atoms with Gasteiger partial charge in [-0.3, -0.25) is 4.79 Å². The number of thiophene rings is 1. The summed E-state index contributed by atoms with van der Waals surface area (Å²) in [6.45, 7) is 9.84.